The van der Waals surface area contributed by atoms with Crippen LogP contribution < -0.4 is 0 Å². The summed E-state index contributed by atoms with van der Waals surface area (Å²) in [4.78, 5) is 7.91. The maximum atomic E-state index is 5.75. The molecule has 0 aromatic rings. The van der Waals surface area contributed by atoms with Gasteiger partial charge in [-0.2, -0.15) is 0 Å². The standard InChI is InChI=1S/C16H31N3O/c1-2-6-17(7-3-1)8-9-18-10-12-19(13-11-18)15-16-5-4-14-20-16/h16H,1-15H2. The van der Waals surface area contributed by atoms with Gasteiger partial charge in [-0.3, -0.25) is 9.80 Å². The lowest BCUT2D eigenvalue weighted by atomic mass is 10.1. The van der Waals surface area contributed by atoms with E-state index in [9.17, 15) is 0 Å². The van der Waals surface area contributed by atoms with Gasteiger partial charge in [0.1, 0.15) is 0 Å². The summed E-state index contributed by atoms with van der Waals surface area (Å²) in [5.41, 5.74) is 0. The fraction of sp³-hybridized carbons (Fsp3) is 1.00. The molecule has 3 fully saturated rings. The number of nitrogens with zero attached hydrogens (tertiary/aromatic N) is 3. The van der Waals surface area contributed by atoms with Crippen LogP contribution in [0, 0.1) is 0 Å². The van der Waals surface area contributed by atoms with E-state index in [0.717, 1.165) is 6.61 Å². The van der Waals surface area contributed by atoms with Gasteiger partial charge in [0.15, 0.2) is 0 Å². The van der Waals surface area contributed by atoms with Crippen LogP contribution in [0.4, 0.5) is 0 Å². The summed E-state index contributed by atoms with van der Waals surface area (Å²) < 4.78 is 5.75. The fourth-order valence-corrected chi connectivity index (χ4v) is 3.74. The van der Waals surface area contributed by atoms with Gasteiger partial charge >= 0.3 is 0 Å². The summed E-state index contributed by atoms with van der Waals surface area (Å²) >= 11 is 0. The molecule has 0 amide bonds. The van der Waals surface area contributed by atoms with E-state index in [1.807, 2.05) is 0 Å². The van der Waals surface area contributed by atoms with Crippen LogP contribution in [-0.2, 0) is 4.74 Å². The molecule has 0 N–H and O–H groups in total. The third-order valence-corrected chi connectivity index (χ3v) is 5.13. The van der Waals surface area contributed by atoms with Crippen LogP contribution in [0.25, 0.3) is 0 Å². The van der Waals surface area contributed by atoms with Gasteiger partial charge in [-0.05, 0) is 38.8 Å². The molecule has 0 aliphatic carbocycles. The summed E-state index contributed by atoms with van der Waals surface area (Å²) in [5.74, 6) is 0. The predicted molar refractivity (Wildman–Crippen MR) is 82.1 cm³/mol. The van der Waals surface area contributed by atoms with E-state index in [1.165, 1.54) is 91.0 Å². The lowest BCUT2D eigenvalue weighted by Crippen LogP contribution is -2.50. The van der Waals surface area contributed by atoms with Crippen LogP contribution in [0.15, 0.2) is 0 Å². The minimum atomic E-state index is 0.523. The Balaban J connectivity index is 1.29. The molecule has 4 heteroatoms. The maximum absolute atomic E-state index is 5.75. The lowest BCUT2D eigenvalue weighted by Gasteiger charge is -2.37. The van der Waals surface area contributed by atoms with E-state index in [2.05, 4.69) is 14.7 Å². The highest BCUT2D eigenvalue weighted by molar-refractivity contribution is 4.77. The second-order valence-corrected chi connectivity index (χ2v) is 6.68. The van der Waals surface area contributed by atoms with Crippen molar-refractivity contribution in [2.45, 2.75) is 38.2 Å². The van der Waals surface area contributed by atoms with Gasteiger partial charge in [0.25, 0.3) is 0 Å². The van der Waals surface area contributed by atoms with Crippen molar-refractivity contribution in [2.24, 2.45) is 0 Å². The summed E-state index contributed by atoms with van der Waals surface area (Å²) in [5, 5.41) is 0. The van der Waals surface area contributed by atoms with Crippen LogP contribution in [-0.4, -0.2) is 86.3 Å². The Morgan fingerprint density at radius 3 is 2.00 bits per heavy atom. The summed E-state index contributed by atoms with van der Waals surface area (Å²) in [6.45, 7) is 12.3. The average Bonchev–Trinajstić information content (AvgIpc) is 3.01. The zero-order valence-electron chi connectivity index (χ0n) is 12.9. The summed E-state index contributed by atoms with van der Waals surface area (Å²) in [7, 11) is 0. The van der Waals surface area contributed by atoms with E-state index in [0.29, 0.717) is 6.10 Å². The van der Waals surface area contributed by atoms with Crippen molar-refractivity contribution in [3.63, 3.8) is 0 Å². The molecule has 0 aromatic heterocycles. The van der Waals surface area contributed by atoms with Crippen molar-refractivity contribution in [2.75, 3.05) is 65.5 Å². The van der Waals surface area contributed by atoms with E-state index >= 15 is 0 Å². The van der Waals surface area contributed by atoms with Gasteiger partial charge < -0.3 is 9.64 Å². The van der Waals surface area contributed by atoms with E-state index < -0.39 is 0 Å². The van der Waals surface area contributed by atoms with E-state index in [-0.39, 0.29) is 0 Å². The molecule has 0 bridgehead atoms. The first kappa shape index (κ1) is 14.8. The molecule has 116 valence electrons. The molecule has 3 rings (SSSR count). The molecular weight excluding hydrogens is 250 g/mol. The van der Waals surface area contributed by atoms with E-state index in [4.69, 9.17) is 4.74 Å². The zero-order valence-corrected chi connectivity index (χ0v) is 12.9. The van der Waals surface area contributed by atoms with Crippen molar-refractivity contribution in [1.29, 1.82) is 0 Å². The van der Waals surface area contributed by atoms with Crippen molar-refractivity contribution >= 4 is 0 Å². The fourth-order valence-electron chi connectivity index (χ4n) is 3.74. The number of likely N-dealkylation sites (tertiary alicyclic amines) is 1. The van der Waals surface area contributed by atoms with Gasteiger partial charge in [-0.25, -0.2) is 0 Å². The Kier molecular flexibility index (Phi) is 5.71. The van der Waals surface area contributed by atoms with Crippen LogP contribution in [0.2, 0.25) is 0 Å². The van der Waals surface area contributed by atoms with Crippen LogP contribution >= 0.6 is 0 Å². The molecule has 20 heavy (non-hydrogen) atoms. The van der Waals surface area contributed by atoms with Crippen LogP contribution in [0.1, 0.15) is 32.1 Å². The molecule has 0 radical (unpaired) electrons. The molecule has 3 heterocycles. The Hall–Kier alpha value is -0.160. The highest BCUT2D eigenvalue weighted by atomic mass is 16.5. The summed E-state index contributed by atoms with van der Waals surface area (Å²) in [6, 6.07) is 0. The SMILES string of the molecule is C1CCN(CCN2CCN(CC3CCCO3)CC2)CC1. The monoisotopic (exact) mass is 281 g/mol. The molecular formula is C16H31N3O. The van der Waals surface area contributed by atoms with Crippen LogP contribution in [0.3, 0.4) is 0 Å². The smallest absolute Gasteiger partial charge is 0.0702 e. The van der Waals surface area contributed by atoms with Gasteiger partial charge in [-0.15, -0.1) is 0 Å². The molecule has 3 aliphatic rings. The maximum Gasteiger partial charge on any atom is 0.0702 e. The molecule has 0 saturated carbocycles. The van der Waals surface area contributed by atoms with Crippen molar-refractivity contribution < 1.29 is 4.74 Å². The van der Waals surface area contributed by atoms with Gasteiger partial charge in [0.05, 0.1) is 6.10 Å². The average molecular weight is 281 g/mol. The number of hydrogen-bond acceptors (Lipinski definition) is 4. The number of ether oxygens (including phenoxy) is 1. The Labute approximate surface area is 124 Å². The molecule has 1 unspecified atom stereocenters. The second-order valence-electron chi connectivity index (χ2n) is 6.68. The number of piperidine rings is 1. The first-order chi connectivity index (χ1) is 9.90. The van der Waals surface area contributed by atoms with Crippen LogP contribution in [0.5, 0.6) is 0 Å². The van der Waals surface area contributed by atoms with E-state index in [1.54, 1.807) is 0 Å². The highest BCUT2D eigenvalue weighted by Crippen LogP contribution is 2.14. The normalized spacial score (nSPS) is 30.9. The Morgan fingerprint density at radius 2 is 1.35 bits per heavy atom. The molecule has 0 spiro atoms. The summed E-state index contributed by atoms with van der Waals surface area (Å²) in [6.07, 6.45) is 7.33. The minimum Gasteiger partial charge on any atom is -0.377 e. The topological polar surface area (TPSA) is 19.0 Å². The quantitative estimate of drug-likeness (QED) is 0.755. The third kappa shape index (κ3) is 4.42. The minimum absolute atomic E-state index is 0.523. The van der Waals surface area contributed by atoms with Gasteiger partial charge in [0.2, 0.25) is 0 Å². The Bertz CT molecular complexity index is 267. The first-order valence-corrected chi connectivity index (χ1v) is 8.69. The molecule has 3 saturated heterocycles. The molecule has 1 atom stereocenters. The van der Waals surface area contributed by atoms with Gasteiger partial charge in [-0.1, -0.05) is 6.42 Å². The van der Waals surface area contributed by atoms with Crippen molar-refractivity contribution in [3.05, 3.63) is 0 Å². The molecule has 4 nitrogen and oxygen atoms in total. The largest absolute Gasteiger partial charge is 0.377 e. The Morgan fingerprint density at radius 1 is 0.700 bits per heavy atom. The lowest BCUT2D eigenvalue weighted by molar-refractivity contribution is 0.0478. The highest BCUT2D eigenvalue weighted by Gasteiger charge is 2.23. The first-order valence-electron chi connectivity index (χ1n) is 8.69. The van der Waals surface area contributed by atoms with Gasteiger partial charge in [0, 0.05) is 52.4 Å². The molecule has 0 aromatic carbocycles. The second kappa shape index (κ2) is 7.74. The molecule has 3 aliphatic heterocycles. The number of hydrogen-bond donors (Lipinski definition) is 0. The van der Waals surface area contributed by atoms with Crippen molar-refractivity contribution in [1.82, 2.24) is 14.7 Å². The third-order valence-electron chi connectivity index (χ3n) is 5.13. The zero-order chi connectivity index (χ0) is 13.6. The van der Waals surface area contributed by atoms with Crippen molar-refractivity contribution in [3.8, 4) is 0 Å². The predicted octanol–water partition coefficient (Wildman–Crippen LogP) is 1.27. The number of rotatable bonds is 5. The number of piperazine rings is 1.